The van der Waals surface area contributed by atoms with E-state index in [0.29, 0.717) is 23.2 Å². The third-order valence-electron chi connectivity index (χ3n) is 4.36. The van der Waals surface area contributed by atoms with Gasteiger partial charge < -0.3 is 10.2 Å². The third-order valence-corrected chi connectivity index (χ3v) is 6.52. The second kappa shape index (κ2) is 6.80. The van der Waals surface area contributed by atoms with Crippen molar-refractivity contribution in [1.82, 2.24) is 9.97 Å². The summed E-state index contributed by atoms with van der Waals surface area (Å²) in [6, 6.07) is 7.48. The Labute approximate surface area is 153 Å². The van der Waals surface area contributed by atoms with Crippen molar-refractivity contribution in [3.05, 3.63) is 40.5 Å². The number of nitrogens with zero attached hydrogens (tertiary/aromatic N) is 3. The molecule has 1 unspecified atom stereocenters. The summed E-state index contributed by atoms with van der Waals surface area (Å²) < 4.78 is 23.4. The SMILES string of the molecule is Cc1cc(Nc2ccc(C)c(Cl)c2)nc(N(C)C2CCS(=O)(=O)C2)n1. The van der Waals surface area contributed by atoms with E-state index in [9.17, 15) is 8.42 Å². The molecule has 0 amide bonds. The number of halogens is 1. The minimum atomic E-state index is -2.95. The maximum absolute atomic E-state index is 11.7. The highest BCUT2D eigenvalue weighted by molar-refractivity contribution is 7.91. The second-order valence-corrected chi connectivity index (χ2v) is 9.09. The van der Waals surface area contributed by atoms with E-state index in [4.69, 9.17) is 11.6 Å². The lowest BCUT2D eigenvalue weighted by atomic mass is 10.2. The number of aromatic nitrogens is 2. The molecule has 0 aliphatic carbocycles. The van der Waals surface area contributed by atoms with E-state index in [-0.39, 0.29) is 17.5 Å². The number of aryl methyl sites for hydroxylation is 2. The summed E-state index contributed by atoms with van der Waals surface area (Å²) in [7, 11) is -1.11. The maximum Gasteiger partial charge on any atom is 0.227 e. The van der Waals surface area contributed by atoms with Crippen LogP contribution in [-0.4, -0.2) is 43.0 Å². The number of sulfone groups is 1. The van der Waals surface area contributed by atoms with Gasteiger partial charge in [-0.2, -0.15) is 4.98 Å². The van der Waals surface area contributed by atoms with Crippen molar-refractivity contribution in [2.45, 2.75) is 26.3 Å². The first-order valence-electron chi connectivity index (χ1n) is 8.05. The van der Waals surface area contributed by atoms with Crippen LogP contribution in [0.15, 0.2) is 24.3 Å². The van der Waals surface area contributed by atoms with Gasteiger partial charge in [-0.3, -0.25) is 0 Å². The van der Waals surface area contributed by atoms with Crippen molar-refractivity contribution >= 4 is 38.9 Å². The molecule has 3 rings (SSSR count). The standard InChI is InChI=1S/C17H21ClN4O2S/c1-11-4-5-13(9-15(11)18)20-16-8-12(2)19-17(21-16)22(3)14-6-7-25(23,24)10-14/h4-5,8-9,14H,6-7,10H2,1-3H3,(H,19,20,21). The summed E-state index contributed by atoms with van der Waals surface area (Å²) >= 11 is 6.17. The normalized spacial score (nSPS) is 19.0. The largest absolute Gasteiger partial charge is 0.340 e. The zero-order chi connectivity index (χ0) is 18.2. The van der Waals surface area contributed by atoms with E-state index in [0.717, 1.165) is 16.9 Å². The molecule has 1 aromatic carbocycles. The third kappa shape index (κ3) is 4.22. The lowest BCUT2D eigenvalue weighted by Crippen LogP contribution is -2.34. The Bertz CT molecular complexity index is 902. The molecule has 6 nitrogen and oxygen atoms in total. The van der Waals surface area contributed by atoms with E-state index in [1.54, 1.807) is 0 Å². The van der Waals surface area contributed by atoms with Crippen molar-refractivity contribution in [2.75, 3.05) is 28.8 Å². The first kappa shape index (κ1) is 17.9. The van der Waals surface area contributed by atoms with Crippen LogP contribution in [0.1, 0.15) is 17.7 Å². The number of rotatable bonds is 4. The molecule has 1 aliphatic rings. The molecule has 0 radical (unpaired) electrons. The Morgan fingerprint density at radius 2 is 2.00 bits per heavy atom. The molecule has 0 saturated carbocycles. The van der Waals surface area contributed by atoms with Gasteiger partial charge in [0.15, 0.2) is 9.84 Å². The Morgan fingerprint density at radius 1 is 1.24 bits per heavy atom. The smallest absolute Gasteiger partial charge is 0.227 e. The van der Waals surface area contributed by atoms with Gasteiger partial charge in [0.05, 0.1) is 11.5 Å². The van der Waals surface area contributed by atoms with Crippen LogP contribution in [0.2, 0.25) is 5.02 Å². The molecular formula is C17H21ClN4O2S. The van der Waals surface area contributed by atoms with E-state index in [2.05, 4.69) is 15.3 Å². The van der Waals surface area contributed by atoms with E-state index in [1.807, 2.05) is 50.1 Å². The fourth-order valence-electron chi connectivity index (χ4n) is 2.84. The fourth-order valence-corrected chi connectivity index (χ4v) is 4.79. The van der Waals surface area contributed by atoms with Crippen LogP contribution in [0.25, 0.3) is 0 Å². The number of benzene rings is 1. The van der Waals surface area contributed by atoms with Crippen LogP contribution in [0.3, 0.4) is 0 Å². The summed E-state index contributed by atoms with van der Waals surface area (Å²) in [4.78, 5) is 10.8. The van der Waals surface area contributed by atoms with E-state index < -0.39 is 9.84 Å². The van der Waals surface area contributed by atoms with E-state index >= 15 is 0 Å². The Morgan fingerprint density at radius 3 is 2.64 bits per heavy atom. The minimum absolute atomic E-state index is 0.0894. The topological polar surface area (TPSA) is 75.2 Å². The lowest BCUT2D eigenvalue weighted by Gasteiger charge is -2.24. The predicted molar refractivity (Wildman–Crippen MR) is 102 cm³/mol. The molecule has 25 heavy (non-hydrogen) atoms. The maximum atomic E-state index is 11.7. The Hall–Kier alpha value is -1.86. The molecule has 1 fully saturated rings. The van der Waals surface area contributed by atoms with Gasteiger partial charge in [-0.1, -0.05) is 17.7 Å². The lowest BCUT2D eigenvalue weighted by molar-refractivity contribution is 0.600. The molecule has 1 atom stereocenters. The van der Waals surface area contributed by atoms with Crippen molar-refractivity contribution < 1.29 is 8.42 Å². The van der Waals surface area contributed by atoms with Gasteiger partial charge in [0.1, 0.15) is 5.82 Å². The summed E-state index contributed by atoms with van der Waals surface area (Å²) in [5.74, 6) is 1.54. The average Bonchev–Trinajstić information content (AvgIpc) is 2.90. The Balaban J connectivity index is 1.84. The van der Waals surface area contributed by atoms with Crippen molar-refractivity contribution in [3.63, 3.8) is 0 Å². The highest BCUT2D eigenvalue weighted by Gasteiger charge is 2.31. The first-order valence-corrected chi connectivity index (χ1v) is 10.3. The zero-order valence-corrected chi connectivity index (χ0v) is 16.0. The van der Waals surface area contributed by atoms with Crippen LogP contribution in [0, 0.1) is 13.8 Å². The van der Waals surface area contributed by atoms with Gasteiger partial charge in [-0.25, -0.2) is 13.4 Å². The van der Waals surface area contributed by atoms with Crippen LogP contribution in [0.5, 0.6) is 0 Å². The number of nitrogens with one attached hydrogen (secondary N) is 1. The molecule has 0 bridgehead atoms. The molecule has 1 aromatic heterocycles. The van der Waals surface area contributed by atoms with E-state index in [1.165, 1.54) is 0 Å². The number of hydrogen-bond donors (Lipinski definition) is 1. The quantitative estimate of drug-likeness (QED) is 0.878. The molecule has 0 spiro atoms. The summed E-state index contributed by atoms with van der Waals surface area (Å²) in [6.45, 7) is 3.83. The summed E-state index contributed by atoms with van der Waals surface area (Å²) in [5, 5.41) is 3.92. The molecule has 2 aromatic rings. The van der Waals surface area contributed by atoms with Crippen LogP contribution in [-0.2, 0) is 9.84 Å². The molecule has 1 aliphatic heterocycles. The zero-order valence-electron chi connectivity index (χ0n) is 14.5. The first-order chi connectivity index (χ1) is 11.7. The molecule has 134 valence electrons. The predicted octanol–water partition coefficient (Wildman–Crippen LogP) is 3.11. The van der Waals surface area contributed by atoms with Gasteiger partial charge in [0.2, 0.25) is 5.95 Å². The van der Waals surface area contributed by atoms with Crippen molar-refractivity contribution in [3.8, 4) is 0 Å². The molecule has 1 saturated heterocycles. The second-order valence-electron chi connectivity index (χ2n) is 6.45. The van der Waals surface area contributed by atoms with Crippen LogP contribution in [0.4, 0.5) is 17.5 Å². The summed E-state index contributed by atoms with van der Waals surface area (Å²) in [6.07, 6.45) is 0.604. The molecule has 1 N–H and O–H groups in total. The molecular weight excluding hydrogens is 360 g/mol. The number of anilines is 3. The molecule has 2 heterocycles. The van der Waals surface area contributed by atoms with Gasteiger partial charge in [0.25, 0.3) is 0 Å². The van der Waals surface area contributed by atoms with Crippen molar-refractivity contribution in [1.29, 1.82) is 0 Å². The van der Waals surface area contributed by atoms with Gasteiger partial charge in [-0.05, 0) is 38.0 Å². The van der Waals surface area contributed by atoms with Crippen molar-refractivity contribution in [2.24, 2.45) is 0 Å². The average molecular weight is 381 g/mol. The molecule has 8 heteroatoms. The summed E-state index contributed by atoms with van der Waals surface area (Å²) in [5.41, 5.74) is 2.65. The monoisotopic (exact) mass is 380 g/mol. The fraction of sp³-hybridized carbons (Fsp3) is 0.412. The Kier molecular flexibility index (Phi) is 4.88. The van der Waals surface area contributed by atoms with Gasteiger partial charge in [-0.15, -0.1) is 0 Å². The van der Waals surface area contributed by atoms with Gasteiger partial charge in [0, 0.05) is 35.6 Å². The highest BCUT2D eigenvalue weighted by Crippen LogP contribution is 2.25. The van der Waals surface area contributed by atoms with Crippen LogP contribution < -0.4 is 10.2 Å². The van der Waals surface area contributed by atoms with Crippen LogP contribution >= 0.6 is 11.6 Å². The highest BCUT2D eigenvalue weighted by atomic mass is 35.5. The minimum Gasteiger partial charge on any atom is -0.340 e. The van der Waals surface area contributed by atoms with Gasteiger partial charge >= 0.3 is 0 Å². The number of hydrogen-bond acceptors (Lipinski definition) is 6.